The summed E-state index contributed by atoms with van der Waals surface area (Å²) in [5.41, 5.74) is 11.1. The van der Waals surface area contributed by atoms with E-state index in [0.717, 1.165) is 28.0 Å². The van der Waals surface area contributed by atoms with Gasteiger partial charge in [-0.2, -0.15) is 0 Å². The van der Waals surface area contributed by atoms with Gasteiger partial charge in [0.05, 0.1) is 17.8 Å². The van der Waals surface area contributed by atoms with Gasteiger partial charge in [0.2, 0.25) is 5.91 Å². The van der Waals surface area contributed by atoms with E-state index in [9.17, 15) is 4.79 Å². The molecule has 0 aliphatic rings. The summed E-state index contributed by atoms with van der Waals surface area (Å²) in [5, 5.41) is 1.13. The second-order valence-electron chi connectivity index (χ2n) is 10.2. The third-order valence-electron chi connectivity index (χ3n) is 6.34. The van der Waals surface area contributed by atoms with Gasteiger partial charge in [-0.15, -0.1) is 0 Å². The van der Waals surface area contributed by atoms with E-state index in [4.69, 9.17) is 38.7 Å². The Hall–Kier alpha value is -3.54. The molecule has 3 aromatic carbocycles. The van der Waals surface area contributed by atoms with Crippen molar-refractivity contribution in [2.24, 2.45) is 5.73 Å². The Morgan fingerprint density at radius 2 is 1.68 bits per heavy atom. The number of methoxy groups -OCH3 is 1. The van der Waals surface area contributed by atoms with Gasteiger partial charge in [-0.1, -0.05) is 86.4 Å². The number of halogens is 2. The van der Waals surface area contributed by atoms with Crippen LogP contribution in [0.2, 0.25) is 10.0 Å². The van der Waals surface area contributed by atoms with Gasteiger partial charge in [0.1, 0.15) is 18.1 Å². The molecule has 4 rings (SSSR count). The van der Waals surface area contributed by atoms with Gasteiger partial charge in [0.15, 0.2) is 0 Å². The highest BCUT2D eigenvalue weighted by Crippen LogP contribution is 2.36. The van der Waals surface area contributed by atoms with Crippen LogP contribution in [0.5, 0.6) is 5.75 Å². The minimum atomic E-state index is -0.463. The number of amides is 1. The minimum Gasteiger partial charge on any atom is -0.497 e. The van der Waals surface area contributed by atoms with E-state index in [0.29, 0.717) is 28.0 Å². The largest absolute Gasteiger partial charge is 0.497 e. The zero-order chi connectivity index (χ0) is 27.4. The van der Waals surface area contributed by atoms with Crippen LogP contribution in [-0.2, 0) is 23.2 Å². The van der Waals surface area contributed by atoms with Crippen molar-refractivity contribution in [3.63, 3.8) is 0 Å². The quantitative estimate of drug-likeness (QED) is 0.249. The van der Waals surface area contributed by atoms with Gasteiger partial charge in [0.25, 0.3) is 0 Å². The molecule has 7 heteroatoms. The molecule has 0 aliphatic heterocycles. The Bertz CT molecular complexity index is 1460. The number of nitrogens with two attached hydrogens (primary N) is 1. The van der Waals surface area contributed by atoms with E-state index in [1.165, 1.54) is 5.56 Å². The fraction of sp³-hybridized carbons (Fsp3) is 0.226. The van der Waals surface area contributed by atoms with Crippen LogP contribution in [0.25, 0.3) is 23.4 Å². The number of primary amides is 1. The Balaban J connectivity index is 1.67. The standard InChI is InChI=1S/C31H31Cl2N3O2/c1-31(2,3)22-10-5-21(6-11-22)17-25-26(32)15-14-24(30(25)33)27-18-36(19-28(34)37)29(35-27)16-9-20-7-12-23(38-4)13-8-20/h5-16,18H,17,19H2,1-4H3,(H2,34,37). The van der Waals surface area contributed by atoms with E-state index in [1.807, 2.05) is 48.6 Å². The number of rotatable bonds is 8. The van der Waals surface area contributed by atoms with Crippen molar-refractivity contribution in [1.82, 2.24) is 9.55 Å². The van der Waals surface area contributed by atoms with Crippen LogP contribution in [0.4, 0.5) is 0 Å². The molecule has 38 heavy (non-hydrogen) atoms. The summed E-state index contributed by atoms with van der Waals surface area (Å²) < 4.78 is 6.93. The maximum atomic E-state index is 11.8. The molecular formula is C31H31Cl2N3O2. The number of nitrogens with zero attached hydrogens (tertiary/aromatic N) is 2. The maximum Gasteiger partial charge on any atom is 0.237 e. The Labute approximate surface area is 233 Å². The number of ether oxygens (including phenoxy) is 1. The molecule has 1 amide bonds. The topological polar surface area (TPSA) is 70.1 Å². The van der Waals surface area contributed by atoms with Crippen molar-refractivity contribution in [2.45, 2.75) is 39.2 Å². The van der Waals surface area contributed by atoms with Crippen LogP contribution in [0.1, 0.15) is 48.8 Å². The van der Waals surface area contributed by atoms with Gasteiger partial charge in [0, 0.05) is 23.2 Å². The fourth-order valence-corrected chi connectivity index (χ4v) is 4.76. The molecule has 1 aromatic heterocycles. The molecular weight excluding hydrogens is 517 g/mol. The van der Waals surface area contributed by atoms with Crippen LogP contribution < -0.4 is 10.5 Å². The highest BCUT2D eigenvalue weighted by Gasteiger charge is 2.18. The smallest absolute Gasteiger partial charge is 0.237 e. The van der Waals surface area contributed by atoms with E-state index in [-0.39, 0.29) is 12.0 Å². The number of imidazole rings is 1. The van der Waals surface area contributed by atoms with Crippen molar-refractivity contribution in [3.8, 4) is 17.0 Å². The second kappa shape index (κ2) is 11.5. The average molecular weight is 549 g/mol. The van der Waals surface area contributed by atoms with Gasteiger partial charge in [-0.05, 0) is 58.0 Å². The predicted octanol–water partition coefficient (Wildman–Crippen LogP) is 7.41. The lowest BCUT2D eigenvalue weighted by molar-refractivity contribution is -0.118. The van der Waals surface area contributed by atoms with Crippen LogP contribution in [-0.4, -0.2) is 22.6 Å². The lowest BCUT2D eigenvalue weighted by Gasteiger charge is -2.19. The molecule has 0 unspecified atom stereocenters. The van der Waals surface area contributed by atoms with Crippen molar-refractivity contribution in [1.29, 1.82) is 0 Å². The monoisotopic (exact) mass is 547 g/mol. The van der Waals surface area contributed by atoms with Crippen molar-refractivity contribution in [3.05, 3.63) is 105 Å². The summed E-state index contributed by atoms with van der Waals surface area (Å²) in [6, 6.07) is 19.8. The minimum absolute atomic E-state index is 0.00647. The van der Waals surface area contributed by atoms with Crippen LogP contribution in [0.3, 0.4) is 0 Å². The molecule has 4 aromatic rings. The molecule has 0 saturated heterocycles. The van der Waals surface area contributed by atoms with Gasteiger partial charge in [-0.25, -0.2) is 4.98 Å². The first-order valence-electron chi connectivity index (χ1n) is 12.3. The van der Waals surface area contributed by atoms with Crippen LogP contribution in [0.15, 0.2) is 66.9 Å². The SMILES string of the molecule is COc1ccc(C=Cc2nc(-c3ccc(Cl)c(Cc4ccc(C(C)(C)C)cc4)c3Cl)cn2CC(N)=O)cc1. The molecule has 0 radical (unpaired) electrons. The lowest BCUT2D eigenvalue weighted by Crippen LogP contribution is -2.18. The van der Waals surface area contributed by atoms with Gasteiger partial charge in [-0.3, -0.25) is 4.79 Å². The number of aromatic nitrogens is 2. The molecule has 0 fully saturated rings. The first kappa shape index (κ1) is 27.5. The summed E-state index contributed by atoms with van der Waals surface area (Å²) in [6.45, 7) is 6.57. The van der Waals surface area contributed by atoms with Crippen molar-refractivity contribution < 1.29 is 9.53 Å². The number of hydrogen-bond acceptors (Lipinski definition) is 3. The molecule has 0 bridgehead atoms. The maximum absolute atomic E-state index is 11.8. The normalized spacial score (nSPS) is 11.7. The number of benzene rings is 3. The number of carbonyl (C=O) groups is 1. The molecule has 5 nitrogen and oxygen atoms in total. The molecule has 0 saturated carbocycles. The molecule has 2 N–H and O–H groups in total. The van der Waals surface area contributed by atoms with E-state index < -0.39 is 5.91 Å². The molecule has 196 valence electrons. The third-order valence-corrected chi connectivity index (χ3v) is 7.12. The third kappa shape index (κ3) is 6.47. The Morgan fingerprint density at radius 3 is 2.29 bits per heavy atom. The fourth-order valence-electron chi connectivity index (χ4n) is 4.16. The van der Waals surface area contributed by atoms with E-state index >= 15 is 0 Å². The van der Waals surface area contributed by atoms with Crippen molar-refractivity contribution in [2.75, 3.05) is 7.11 Å². The highest BCUT2D eigenvalue weighted by molar-refractivity contribution is 6.37. The summed E-state index contributed by atoms with van der Waals surface area (Å²) in [7, 11) is 1.63. The van der Waals surface area contributed by atoms with Gasteiger partial charge >= 0.3 is 0 Å². The summed E-state index contributed by atoms with van der Waals surface area (Å²) in [4.78, 5) is 16.5. The Kier molecular flexibility index (Phi) is 8.29. The summed E-state index contributed by atoms with van der Waals surface area (Å²) >= 11 is 13.5. The van der Waals surface area contributed by atoms with Crippen LogP contribution in [0, 0.1) is 0 Å². The van der Waals surface area contributed by atoms with E-state index in [2.05, 4.69) is 45.0 Å². The zero-order valence-electron chi connectivity index (χ0n) is 22.0. The molecule has 0 aliphatic carbocycles. The van der Waals surface area contributed by atoms with E-state index in [1.54, 1.807) is 17.9 Å². The Morgan fingerprint density at radius 1 is 1.00 bits per heavy atom. The predicted molar refractivity (Wildman–Crippen MR) is 157 cm³/mol. The van der Waals surface area contributed by atoms with Crippen LogP contribution >= 0.6 is 23.2 Å². The molecule has 0 spiro atoms. The summed E-state index contributed by atoms with van der Waals surface area (Å²) in [6.07, 6.45) is 6.13. The second-order valence-corrected chi connectivity index (χ2v) is 11.0. The number of carbonyl (C=O) groups excluding carboxylic acids is 1. The zero-order valence-corrected chi connectivity index (χ0v) is 23.5. The highest BCUT2D eigenvalue weighted by atomic mass is 35.5. The summed E-state index contributed by atoms with van der Waals surface area (Å²) in [5.74, 6) is 0.896. The van der Waals surface area contributed by atoms with Gasteiger partial charge < -0.3 is 15.0 Å². The lowest BCUT2D eigenvalue weighted by atomic mass is 9.86. The molecule has 0 atom stereocenters. The first-order chi connectivity index (χ1) is 18.0. The molecule has 1 heterocycles. The first-order valence-corrected chi connectivity index (χ1v) is 13.0. The van der Waals surface area contributed by atoms with Crippen molar-refractivity contribution >= 4 is 41.3 Å². The average Bonchev–Trinajstić information content (AvgIpc) is 3.26. The number of hydrogen-bond donors (Lipinski definition) is 1.